The van der Waals surface area contributed by atoms with Crippen LogP contribution in [0.1, 0.15) is 12.5 Å². The van der Waals surface area contributed by atoms with Gasteiger partial charge in [0.1, 0.15) is 11.4 Å². The predicted octanol–water partition coefficient (Wildman–Crippen LogP) is 2.49. The van der Waals surface area contributed by atoms with E-state index in [0.717, 1.165) is 17.7 Å². The zero-order valence-corrected chi connectivity index (χ0v) is 9.36. The van der Waals surface area contributed by atoms with E-state index in [4.69, 9.17) is 15.0 Å². The lowest BCUT2D eigenvalue weighted by atomic mass is 10.1. The van der Waals surface area contributed by atoms with Crippen molar-refractivity contribution < 1.29 is 9.26 Å². The van der Waals surface area contributed by atoms with Gasteiger partial charge in [0.05, 0.1) is 7.11 Å². The van der Waals surface area contributed by atoms with Crippen molar-refractivity contribution in [1.82, 2.24) is 5.16 Å². The van der Waals surface area contributed by atoms with Crippen LogP contribution in [0.25, 0.3) is 11.3 Å². The molecular formula is C12H14N2O2. The van der Waals surface area contributed by atoms with Crippen molar-refractivity contribution >= 4 is 5.88 Å². The van der Waals surface area contributed by atoms with Gasteiger partial charge in [0.15, 0.2) is 0 Å². The second-order valence-corrected chi connectivity index (χ2v) is 3.50. The molecule has 0 aliphatic heterocycles. The molecule has 2 rings (SSSR count). The Balaban J connectivity index is 2.52. The molecule has 0 saturated heterocycles. The molecule has 0 spiro atoms. The summed E-state index contributed by atoms with van der Waals surface area (Å²) in [6, 6.07) is 7.69. The maximum atomic E-state index is 5.51. The molecular weight excluding hydrogens is 204 g/mol. The molecule has 4 heteroatoms. The van der Waals surface area contributed by atoms with Crippen LogP contribution in [0.5, 0.6) is 5.75 Å². The van der Waals surface area contributed by atoms with Gasteiger partial charge in [0.2, 0.25) is 5.88 Å². The Hall–Kier alpha value is -1.97. The molecule has 0 radical (unpaired) electrons. The van der Waals surface area contributed by atoms with Gasteiger partial charge in [0, 0.05) is 11.6 Å². The molecule has 1 aromatic heterocycles. The molecule has 1 aromatic carbocycles. The van der Waals surface area contributed by atoms with Crippen molar-refractivity contribution in [2.24, 2.45) is 0 Å². The molecule has 0 aliphatic rings. The lowest BCUT2D eigenvalue weighted by molar-refractivity contribution is 0.414. The highest BCUT2D eigenvalue weighted by atomic mass is 16.5. The first-order chi connectivity index (χ1) is 7.74. The molecule has 16 heavy (non-hydrogen) atoms. The molecule has 0 fully saturated rings. The highest BCUT2D eigenvalue weighted by Gasteiger charge is 2.10. The van der Waals surface area contributed by atoms with Crippen LogP contribution in [-0.4, -0.2) is 12.3 Å². The number of rotatable bonds is 3. The van der Waals surface area contributed by atoms with Crippen molar-refractivity contribution in [3.63, 3.8) is 0 Å². The summed E-state index contributed by atoms with van der Waals surface area (Å²) in [5, 5.41) is 3.89. The minimum atomic E-state index is 0.305. The maximum Gasteiger partial charge on any atom is 0.222 e. The zero-order chi connectivity index (χ0) is 11.5. The van der Waals surface area contributed by atoms with Gasteiger partial charge in [-0.1, -0.05) is 18.1 Å². The van der Waals surface area contributed by atoms with Gasteiger partial charge in [-0.05, 0) is 24.1 Å². The van der Waals surface area contributed by atoms with Crippen molar-refractivity contribution in [1.29, 1.82) is 0 Å². The van der Waals surface area contributed by atoms with Crippen molar-refractivity contribution in [3.8, 4) is 17.0 Å². The fourth-order valence-electron chi connectivity index (χ4n) is 1.59. The van der Waals surface area contributed by atoms with Crippen LogP contribution in [0.4, 0.5) is 5.88 Å². The third-order valence-electron chi connectivity index (χ3n) is 2.48. The first-order valence-electron chi connectivity index (χ1n) is 5.14. The lowest BCUT2D eigenvalue weighted by Crippen LogP contribution is -1.90. The first-order valence-corrected chi connectivity index (χ1v) is 5.14. The van der Waals surface area contributed by atoms with Crippen LogP contribution in [0.2, 0.25) is 0 Å². The predicted molar refractivity (Wildman–Crippen MR) is 62.3 cm³/mol. The van der Waals surface area contributed by atoms with Gasteiger partial charge in [-0.25, -0.2) is 0 Å². The normalized spacial score (nSPS) is 10.4. The number of nitrogens with two attached hydrogens (primary N) is 1. The number of nitrogen functional groups attached to an aromatic ring is 1. The second kappa shape index (κ2) is 4.26. The number of benzene rings is 1. The summed E-state index contributed by atoms with van der Waals surface area (Å²) in [6.45, 7) is 2.10. The molecule has 0 bridgehead atoms. The molecule has 84 valence electrons. The fraction of sp³-hybridized carbons (Fsp3) is 0.250. The molecule has 2 N–H and O–H groups in total. The number of aromatic nitrogens is 1. The standard InChI is InChI=1S/C12H14N2O2/c1-3-8-4-5-11(15-2)9(6-8)10-7-12(13)16-14-10/h4-7H,3,13H2,1-2H3. The van der Waals surface area contributed by atoms with E-state index in [2.05, 4.69) is 12.1 Å². The maximum absolute atomic E-state index is 5.51. The van der Waals surface area contributed by atoms with Crippen molar-refractivity contribution in [3.05, 3.63) is 29.8 Å². The number of aryl methyl sites for hydroxylation is 1. The van der Waals surface area contributed by atoms with Gasteiger partial charge in [0.25, 0.3) is 0 Å². The van der Waals surface area contributed by atoms with Gasteiger partial charge in [-0.3, -0.25) is 0 Å². The van der Waals surface area contributed by atoms with Crippen LogP contribution >= 0.6 is 0 Å². The van der Waals surface area contributed by atoms with E-state index in [9.17, 15) is 0 Å². The largest absolute Gasteiger partial charge is 0.496 e. The third kappa shape index (κ3) is 1.86. The minimum absolute atomic E-state index is 0.305. The summed E-state index contributed by atoms with van der Waals surface area (Å²) < 4.78 is 10.2. The molecule has 0 unspecified atom stereocenters. The summed E-state index contributed by atoms with van der Waals surface area (Å²) in [6.07, 6.45) is 0.963. The summed E-state index contributed by atoms with van der Waals surface area (Å²) in [7, 11) is 1.63. The number of nitrogens with zero attached hydrogens (tertiary/aromatic N) is 1. The highest BCUT2D eigenvalue weighted by molar-refractivity contribution is 5.69. The number of hydrogen-bond acceptors (Lipinski definition) is 4. The average Bonchev–Trinajstić information content (AvgIpc) is 2.75. The number of hydrogen-bond donors (Lipinski definition) is 1. The quantitative estimate of drug-likeness (QED) is 0.859. The van der Waals surface area contributed by atoms with E-state index in [1.165, 1.54) is 5.56 Å². The lowest BCUT2D eigenvalue weighted by Gasteiger charge is -2.07. The first kappa shape index (κ1) is 10.5. The Bertz CT molecular complexity index is 492. The number of ether oxygens (including phenoxy) is 1. The third-order valence-corrected chi connectivity index (χ3v) is 2.48. The van der Waals surface area contributed by atoms with Crippen LogP contribution in [0.15, 0.2) is 28.8 Å². The Morgan fingerprint density at radius 2 is 2.19 bits per heavy atom. The van der Waals surface area contributed by atoms with Gasteiger partial charge in [-0.2, -0.15) is 0 Å². The van der Waals surface area contributed by atoms with Crippen LogP contribution in [0.3, 0.4) is 0 Å². The molecule has 0 saturated carbocycles. The van der Waals surface area contributed by atoms with E-state index >= 15 is 0 Å². The zero-order valence-electron chi connectivity index (χ0n) is 9.36. The molecule has 2 aromatic rings. The van der Waals surface area contributed by atoms with Crippen LogP contribution in [0, 0.1) is 0 Å². The van der Waals surface area contributed by atoms with Gasteiger partial charge >= 0.3 is 0 Å². The van der Waals surface area contributed by atoms with Gasteiger partial charge in [-0.15, -0.1) is 0 Å². The smallest absolute Gasteiger partial charge is 0.222 e. The Morgan fingerprint density at radius 3 is 2.75 bits per heavy atom. The highest BCUT2D eigenvalue weighted by Crippen LogP contribution is 2.31. The Morgan fingerprint density at radius 1 is 1.38 bits per heavy atom. The topological polar surface area (TPSA) is 61.3 Å². The second-order valence-electron chi connectivity index (χ2n) is 3.50. The molecule has 0 atom stereocenters. The Kier molecular flexibility index (Phi) is 2.81. The van der Waals surface area contributed by atoms with Gasteiger partial charge < -0.3 is 15.0 Å². The van der Waals surface area contributed by atoms with Crippen LogP contribution < -0.4 is 10.5 Å². The van der Waals surface area contributed by atoms with Crippen LogP contribution in [-0.2, 0) is 6.42 Å². The van der Waals surface area contributed by atoms with E-state index in [0.29, 0.717) is 11.6 Å². The molecule has 4 nitrogen and oxygen atoms in total. The Labute approximate surface area is 94.0 Å². The molecule has 0 amide bonds. The SMILES string of the molecule is CCc1ccc(OC)c(-c2cc(N)on2)c1. The fourth-order valence-corrected chi connectivity index (χ4v) is 1.59. The monoisotopic (exact) mass is 218 g/mol. The van der Waals surface area contributed by atoms with Crippen molar-refractivity contribution in [2.45, 2.75) is 13.3 Å². The summed E-state index contributed by atoms with van der Waals surface area (Å²) in [5.41, 5.74) is 8.33. The van der Waals surface area contributed by atoms with E-state index < -0.39 is 0 Å². The molecule has 0 aliphatic carbocycles. The number of anilines is 1. The number of methoxy groups -OCH3 is 1. The average molecular weight is 218 g/mol. The van der Waals surface area contributed by atoms with E-state index in [-0.39, 0.29) is 0 Å². The molecule has 1 heterocycles. The van der Waals surface area contributed by atoms with E-state index in [1.807, 2.05) is 18.2 Å². The van der Waals surface area contributed by atoms with Crippen molar-refractivity contribution in [2.75, 3.05) is 12.8 Å². The summed E-state index contributed by atoms with van der Waals surface area (Å²) in [5.74, 6) is 1.07. The summed E-state index contributed by atoms with van der Waals surface area (Å²) in [4.78, 5) is 0. The summed E-state index contributed by atoms with van der Waals surface area (Å²) >= 11 is 0. The van der Waals surface area contributed by atoms with E-state index in [1.54, 1.807) is 13.2 Å². The minimum Gasteiger partial charge on any atom is -0.496 e.